The maximum Gasteiger partial charge on any atom is 0.264 e. The molecule has 0 radical (unpaired) electrons. The topological polar surface area (TPSA) is 86.8 Å². The highest BCUT2D eigenvalue weighted by molar-refractivity contribution is 7.92. The molecular formula is C25H24Cl3N3O4S. The number of hydrogen-bond donors (Lipinski definition) is 1. The molecule has 0 aliphatic heterocycles. The van der Waals surface area contributed by atoms with Crippen LogP contribution in [0.4, 0.5) is 5.69 Å². The van der Waals surface area contributed by atoms with E-state index < -0.39 is 34.4 Å². The second-order valence-corrected chi connectivity index (χ2v) is 10.9. The van der Waals surface area contributed by atoms with Crippen LogP contribution in [-0.4, -0.2) is 44.8 Å². The van der Waals surface area contributed by atoms with Crippen molar-refractivity contribution >= 4 is 62.3 Å². The van der Waals surface area contributed by atoms with Crippen LogP contribution in [0.3, 0.4) is 0 Å². The minimum atomic E-state index is -4.19. The van der Waals surface area contributed by atoms with E-state index in [0.29, 0.717) is 15.6 Å². The summed E-state index contributed by atoms with van der Waals surface area (Å²) in [4.78, 5) is 27.4. The lowest BCUT2D eigenvalue weighted by Crippen LogP contribution is -2.50. The summed E-state index contributed by atoms with van der Waals surface area (Å²) >= 11 is 18.7. The first-order chi connectivity index (χ1) is 17.1. The molecule has 1 N–H and O–H groups in total. The van der Waals surface area contributed by atoms with Crippen molar-refractivity contribution in [2.24, 2.45) is 0 Å². The van der Waals surface area contributed by atoms with Gasteiger partial charge in [0, 0.05) is 23.6 Å². The zero-order chi connectivity index (χ0) is 26.5. The minimum absolute atomic E-state index is 0.00985. The summed E-state index contributed by atoms with van der Waals surface area (Å²) in [6.07, 6.45) is 0. The molecule has 0 fully saturated rings. The van der Waals surface area contributed by atoms with E-state index in [1.165, 1.54) is 42.3 Å². The van der Waals surface area contributed by atoms with Gasteiger partial charge in [0.05, 0.1) is 15.6 Å². The average Bonchev–Trinajstić information content (AvgIpc) is 2.86. The lowest BCUT2D eigenvalue weighted by Gasteiger charge is -2.32. The van der Waals surface area contributed by atoms with Gasteiger partial charge in [-0.1, -0.05) is 71.2 Å². The number of anilines is 1. The Bertz CT molecular complexity index is 1350. The van der Waals surface area contributed by atoms with E-state index in [1.54, 1.807) is 49.4 Å². The molecule has 190 valence electrons. The van der Waals surface area contributed by atoms with Crippen molar-refractivity contribution in [3.05, 3.63) is 93.4 Å². The minimum Gasteiger partial charge on any atom is -0.357 e. The summed E-state index contributed by atoms with van der Waals surface area (Å²) in [5.41, 5.74) is 0.675. The monoisotopic (exact) mass is 567 g/mol. The van der Waals surface area contributed by atoms with Crippen LogP contribution in [0.1, 0.15) is 12.5 Å². The Hall–Kier alpha value is -2.78. The zero-order valence-corrected chi connectivity index (χ0v) is 22.6. The lowest BCUT2D eigenvalue weighted by molar-refractivity contribution is -0.139. The molecule has 3 aromatic rings. The van der Waals surface area contributed by atoms with Crippen LogP contribution >= 0.6 is 34.8 Å². The molecule has 1 unspecified atom stereocenters. The number of carbonyl (C=O) groups excluding carboxylic acids is 2. The van der Waals surface area contributed by atoms with E-state index in [0.717, 1.165) is 4.31 Å². The van der Waals surface area contributed by atoms with Crippen LogP contribution in [0.15, 0.2) is 77.7 Å². The summed E-state index contributed by atoms with van der Waals surface area (Å²) < 4.78 is 28.2. The van der Waals surface area contributed by atoms with Crippen LogP contribution in [0, 0.1) is 0 Å². The van der Waals surface area contributed by atoms with Crippen molar-refractivity contribution in [2.45, 2.75) is 24.4 Å². The van der Waals surface area contributed by atoms with Gasteiger partial charge in [-0.15, -0.1) is 0 Å². The highest BCUT2D eigenvalue weighted by Crippen LogP contribution is 2.31. The second kappa shape index (κ2) is 12.0. The first kappa shape index (κ1) is 27.8. The standard InChI is InChI=1S/C25H24Cl3N3O4S/c1-17(25(33)29-2)30(15-18-12-13-19(26)14-22(18)28)24(32)16-31(23-11-7-6-10-21(23)27)36(34,35)20-8-4-3-5-9-20/h3-14,17H,15-16H2,1-2H3,(H,29,33). The first-order valence-corrected chi connectivity index (χ1v) is 13.4. The van der Waals surface area contributed by atoms with Gasteiger partial charge in [-0.25, -0.2) is 8.42 Å². The number of sulfonamides is 1. The molecule has 0 spiro atoms. The van der Waals surface area contributed by atoms with E-state index >= 15 is 0 Å². The van der Waals surface area contributed by atoms with Gasteiger partial charge >= 0.3 is 0 Å². The lowest BCUT2D eigenvalue weighted by atomic mass is 10.1. The summed E-state index contributed by atoms with van der Waals surface area (Å²) in [6, 6.07) is 17.9. The van der Waals surface area contributed by atoms with Crippen LogP contribution < -0.4 is 9.62 Å². The van der Waals surface area contributed by atoms with Gasteiger partial charge in [0.25, 0.3) is 10.0 Å². The fourth-order valence-electron chi connectivity index (χ4n) is 3.51. The maximum absolute atomic E-state index is 13.7. The van der Waals surface area contributed by atoms with Crippen molar-refractivity contribution in [1.82, 2.24) is 10.2 Å². The number of halogens is 3. The van der Waals surface area contributed by atoms with Gasteiger partial charge in [-0.05, 0) is 48.9 Å². The number of nitrogens with zero attached hydrogens (tertiary/aromatic N) is 2. The zero-order valence-electron chi connectivity index (χ0n) is 19.5. The highest BCUT2D eigenvalue weighted by atomic mass is 35.5. The molecule has 2 amide bonds. The molecule has 3 aromatic carbocycles. The molecule has 0 heterocycles. The predicted molar refractivity (Wildman–Crippen MR) is 143 cm³/mol. The summed E-state index contributed by atoms with van der Waals surface area (Å²) in [5, 5.41) is 3.40. The van der Waals surface area contributed by atoms with Crippen molar-refractivity contribution < 1.29 is 18.0 Å². The molecule has 0 saturated carbocycles. The summed E-state index contributed by atoms with van der Waals surface area (Å²) in [6.45, 7) is 0.894. The Morgan fingerprint density at radius 3 is 2.17 bits per heavy atom. The van der Waals surface area contributed by atoms with Gasteiger partial charge < -0.3 is 10.2 Å². The van der Waals surface area contributed by atoms with Crippen LogP contribution in [0.25, 0.3) is 0 Å². The Kier molecular flexibility index (Phi) is 9.24. The third-order valence-corrected chi connectivity index (χ3v) is 8.18. The third-order valence-electron chi connectivity index (χ3n) is 5.50. The van der Waals surface area contributed by atoms with Crippen LogP contribution in [0.5, 0.6) is 0 Å². The van der Waals surface area contributed by atoms with Crippen molar-refractivity contribution in [3.8, 4) is 0 Å². The molecule has 0 aliphatic carbocycles. The fourth-order valence-corrected chi connectivity index (χ4v) is 5.72. The van der Waals surface area contributed by atoms with E-state index in [4.69, 9.17) is 34.8 Å². The molecule has 0 aromatic heterocycles. The Morgan fingerprint density at radius 1 is 0.917 bits per heavy atom. The number of nitrogens with one attached hydrogen (secondary N) is 1. The number of carbonyl (C=O) groups is 2. The molecular weight excluding hydrogens is 545 g/mol. The Balaban J connectivity index is 2.05. The number of benzene rings is 3. The number of para-hydroxylation sites is 1. The number of hydrogen-bond acceptors (Lipinski definition) is 4. The van der Waals surface area contributed by atoms with E-state index in [-0.39, 0.29) is 22.2 Å². The van der Waals surface area contributed by atoms with Gasteiger partial charge in [0.15, 0.2) is 0 Å². The Labute approximate surface area is 225 Å². The third kappa shape index (κ3) is 6.31. The van der Waals surface area contributed by atoms with Crippen molar-refractivity contribution in [2.75, 3.05) is 17.9 Å². The largest absolute Gasteiger partial charge is 0.357 e. The Morgan fingerprint density at radius 2 is 1.56 bits per heavy atom. The van der Waals surface area contributed by atoms with E-state index in [1.807, 2.05) is 0 Å². The molecule has 0 saturated heterocycles. The average molecular weight is 569 g/mol. The summed E-state index contributed by atoms with van der Waals surface area (Å²) in [5.74, 6) is -1.06. The summed E-state index contributed by atoms with van der Waals surface area (Å²) in [7, 11) is -2.73. The smallest absolute Gasteiger partial charge is 0.264 e. The molecule has 1 atom stereocenters. The van der Waals surface area contributed by atoms with Gasteiger partial charge in [-0.2, -0.15) is 0 Å². The van der Waals surface area contributed by atoms with E-state index in [9.17, 15) is 18.0 Å². The number of likely N-dealkylation sites (N-methyl/N-ethyl adjacent to an activating group) is 1. The van der Waals surface area contributed by atoms with Crippen molar-refractivity contribution in [3.63, 3.8) is 0 Å². The quantitative estimate of drug-likeness (QED) is 0.393. The highest BCUT2D eigenvalue weighted by Gasteiger charge is 2.33. The SMILES string of the molecule is CNC(=O)C(C)N(Cc1ccc(Cl)cc1Cl)C(=O)CN(c1ccccc1Cl)S(=O)(=O)c1ccccc1. The molecule has 0 aliphatic rings. The second-order valence-electron chi connectivity index (χ2n) is 7.82. The van der Waals surface area contributed by atoms with Gasteiger partial charge in [0.1, 0.15) is 12.6 Å². The van der Waals surface area contributed by atoms with Crippen LogP contribution in [-0.2, 0) is 26.2 Å². The maximum atomic E-state index is 13.7. The van der Waals surface area contributed by atoms with Gasteiger partial charge in [-0.3, -0.25) is 13.9 Å². The number of rotatable bonds is 9. The van der Waals surface area contributed by atoms with E-state index in [2.05, 4.69) is 5.32 Å². The normalized spacial score (nSPS) is 12.0. The molecule has 7 nitrogen and oxygen atoms in total. The fraction of sp³-hybridized carbons (Fsp3) is 0.200. The predicted octanol–water partition coefficient (Wildman–Crippen LogP) is 5.01. The first-order valence-electron chi connectivity index (χ1n) is 10.8. The molecule has 0 bridgehead atoms. The van der Waals surface area contributed by atoms with Crippen molar-refractivity contribution in [1.29, 1.82) is 0 Å². The molecule has 3 rings (SSSR count). The van der Waals surface area contributed by atoms with Gasteiger partial charge in [0.2, 0.25) is 11.8 Å². The molecule has 11 heteroatoms. The molecule has 36 heavy (non-hydrogen) atoms. The van der Waals surface area contributed by atoms with Crippen LogP contribution in [0.2, 0.25) is 15.1 Å². The number of amides is 2.